The molecule has 0 saturated heterocycles. The van der Waals surface area contributed by atoms with E-state index in [0.29, 0.717) is 0 Å². The summed E-state index contributed by atoms with van der Waals surface area (Å²) in [5.74, 6) is 6.88. The minimum Gasteiger partial charge on any atom is -0.303 e. The topological polar surface area (TPSA) is 29.3 Å². The Morgan fingerprint density at radius 1 is 0.667 bits per heavy atom. The number of anilines is 1. The molecule has 0 aromatic heterocycles. The second kappa shape index (κ2) is 5.21. The summed E-state index contributed by atoms with van der Waals surface area (Å²) >= 11 is 0. The van der Waals surface area contributed by atoms with Crippen LogP contribution in [0.15, 0.2) is 97.1 Å². The lowest BCUT2D eigenvalue weighted by atomic mass is 9.58. The standard InChI is InChI=1S/C25H20N2/c26-27-23-15-7-5-13-21(23)25(22-14-6-8-16-24(22)27)19-11-3-1-9-17(19)18-10-2-4-12-20(18)25/h1-16,21,23H,26H2. The molecule has 130 valence electrons. The van der Waals surface area contributed by atoms with Gasteiger partial charge in [0.15, 0.2) is 0 Å². The Kier molecular flexibility index (Phi) is 2.90. The van der Waals surface area contributed by atoms with E-state index in [-0.39, 0.29) is 17.4 Å². The van der Waals surface area contributed by atoms with Crippen LogP contribution in [0.25, 0.3) is 11.1 Å². The van der Waals surface area contributed by atoms with Crippen LogP contribution in [0.2, 0.25) is 0 Å². The number of hydrogen-bond acceptors (Lipinski definition) is 2. The molecule has 0 fully saturated rings. The van der Waals surface area contributed by atoms with Gasteiger partial charge in [0.1, 0.15) is 0 Å². The molecular formula is C25H20N2. The van der Waals surface area contributed by atoms with Gasteiger partial charge < -0.3 is 5.01 Å². The molecule has 2 aliphatic carbocycles. The van der Waals surface area contributed by atoms with Crippen molar-refractivity contribution in [1.29, 1.82) is 0 Å². The molecule has 1 heterocycles. The van der Waals surface area contributed by atoms with E-state index in [1.54, 1.807) is 0 Å². The van der Waals surface area contributed by atoms with E-state index < -0.39 is 0 Å². The number of para-hydroxylation sites is 1. The van der Waals surface area contributed by atoms with Crippen LogP contribution < -0.4 is 10.9 Å². The molecule has 3 aromatic rings. The minimum absolute atomic E-state index is 0.129. The zero-order chi connectivity index (χ0) is 18.0. The predicted octanol–water partition coefficient (Wildman–Crippen LogP) is 4.81. The molecule has 2 heteroatoms. The highest BCUT2D eigenvalue weighted by Gasteiger charge is 2.55. The fourth-order valence-electron chi connectivity index (χ4n) is 5.55. The zero-order valence-corrected chi connectivity index (χ0v) is 14.9. The Balaban J connectivity index is 1.81. The molecule has 2 atom stereocenters. The Hall–Kier alpha value is -3.10. The van der Waals surface area contributed by atoms with E-state index in [4.69, 9.17) is 5.84 Å². The first-order valence-electron chi connectivity index (χ1n) is 9.51. The molecule has 6 rings (SSSR count). The van der Waals surface area contributed by atoms with Crippen molar-refractivity contribution >= 4 is 5.69 Å². The van der Waals surface area contributed by atoms with Crippen LogP contribution in [-0.2, 0) is 5.41 Å². The predicted molar refractivity (Wildman–Crippen MR) is 110 cm³/mol. The maximum Gasteiger partial charge on any atom is 0.0713 e. The second-order valence-electron chi connectivity index (χ2n) is 7.61. The summed E-state index contributed by atoms with van der Waals surface area (Å²) in [6.45, 7) is 0. The third kappa shape index (κ3) is 1.69. The largest absolute Gasteiger partial charge is 0.303 e. The smallest absolute Gasteiger partial charge is 0.0713 e. The van der Waals surface area contributed by atoms with Gasteiger partial charge in [-0.05, 0) is 33.9 Å². The van der Waals surface area contributed by atoms with Gasteiger partial charge in [-0.2, -0.15) is 0 Å². The molecular weight excluding hydrogens is 328 g/mol. The number of hydrogen-bond donors (Lipinski definition) is 1. The van der Waals surface area contributed by atoms with Gasteiger partial charge in [0, 0.05) is 5.92 Å². The van der Waals surface area contributed by atoms with Crippen LogP contribution in [0.5, 0.6) is 0 Å². The highest BCUT2D eigenvalue weighted by molar-refractivity contribution is 5.86. The number of fused-ring (bicyclic) bond motifs is 9. The Morgan fingerprint density at radius 3 is 1.93 bits per heavy atom. The van der Waals surface area contributed by atoms with Gasteiger partial charge in [-0.15, -0.1) is 0 Å². The molecule has 1 spiro atoms. The van der Waals surface area contributed by atoms with Crippen LogP contribution in [0.3, 0.4) is 0 Å². The molecule has 27 heavy (non-hydrogen) atoms. The lowest BCUT2D eigenvalue weighted by Crippen LogP contribution is -2.56. The molecule has 0 saturated carbocycles. The lowest BCUT2D eigenvalue weighted by molar-refractivity contribution is 0.377. The summed E-state index contributed by atoms with van der Waals surface area (Å²) < 4.78 is 0. The van der Waals surface area contributed by atoms with E-state index in [1.807, 2.05) is 5.01 Å². The molecule has 0 bridgehead atoms. The first-order valence-corrected chi connectivity index (χ1v) is 9.51. The average molecular weight is 348 g/mol. The van der Waals surface area contributed by atoms with E-state index in [2.05, 4.69) is 97.1 Å². The summed E-state index contributed by atoms with van der Waals surface area (Å²) in [6.07, 6.45) is 8.88. The molecule has 2 nitrogen and oxygen atoms in total. The highest BCUT2D eigenvalue weighted by atomic mass is 15.4. The minimum atomic E-state index is -0.217. The number of rotatable bonds is 0. The Morgan fingerprint density at radius 2 is 1.22 bits per heavy atom. The normalized spacial score (nSPS) is 22.9. The first kappa shape index (κ1) is 15.0. The van der Waals surface area contributed by atoms with Crippen molar-refractivity contribution in [2.24, 2.45) is 11.8 Å². The van der Waals surface area contributed by atoms with Crippen LogP contribution in [0.1, 0.15) is 16.7 Å². The molecule has 2 N–H and O–H groups in total. The van der Waals surface area contributed by atoms with E-state index in [0.717, 1.165) is 5.69 Å². The maximum absolute atomic E-state index is 6.64. The summed E-state index contributed by atoms with van der Waals surface area (Å²) in [6, 6.07) is 26.5. The SMILES string of the molecule is NN1c2ccccc2C2(c3ccccc3-c3ccccc32)C2C=CC=CC21. The van der Waals surface area contributed by atoms with Crippen molar-refractivity contribution in [3.05, 3.63) is 114 Å². The van der Waals surface area contributed by atoms with Crippen molar-refractivity contribution in [1.82, 2.24) is 0 Å². The van der Waals surface area contributed by atoms with Gasteiger partial charge in [0.2, 0.25) is 0 Å². The van der Waals surface area contributed by atoms with Crippen molar-refractivity contribution < 1.29 is 0 Å². The lowest BCUT2D eigenvalue weighted by Gasteiger charge is -2.51. The number of benzene rings is 3. The van der Waals surface area contributed by atoms with Crippen LogP contribution >= 0.6 is 0 Å². The van der Waals surface area contributed by atoms with Gasteiger partial charge in [0.25, 0.3) is 0 Å². The van der Waals surface area contributed by atoms with Gasteiger partial charge in [0.05, 0.1) is 17.1 Å². The van der Waals surface area contributed by atoms with Crippen molar-refractivity contribution in [3.8, 4) is 11.1 Å². The first-order chi connectivity index (χ1) is 13.3. The summed E-state index contributed by atoms with van der Waals surface area (Å²) in [7, 11) is 0. The zero-order valence-electron chi connectivity index (χ0n) is 14.9. The number of allylic oxidation sites excluding steroid dienone is 2. The summed E-state index contributed by atoms with van der Waals surface area (Å²) in [5, 5.41) is 1.95. The molecule has 0 amide bonds. The fraction of sp³-hybridized carbons (Fsp3) is 0.120. The Bertz CT molecular complexity index is 1080. The quantitative estimate of drug-likeness (QED) is 0.591. The number of hydrazine groups is 1. The van der Waals surface area contributed by atoms with Crippen molar-refractivity contribution in [2.75, 3.05) is 5.01 Å². The van der Waals surface area contributed by atoms with E-state index >= 15 is 0 Å². The third-order valence-corrected chi connectivity index (χ3v) is 6.53. The Labute approximate surface area is 159 Å². The van der Waals surface area contributed by atoms with Crippen molar-refractivity contribution in [3.63, 3.8) is 0 Å². The fourth-order valence-corrected chi connectivity index (χ4v) is 5.55. The molecule has 3 aromatic carbocycles. The third-order valence-electron chi connectivity index (χ3n) is 6.53. The van der Waals surface area contributed by atoms with Gasteiger partial charge in [-0.3, -0.25) is 0 Å². The number of nitrogens with two attached hydrogens (primary N) is 1. The molecule has 0 radical (unpaired) electrons. The van der Waals surface area contributed by atoms with Gasteiger partial charge >= 0.3 is 0 Å². The second-order valence-corrected chi connectivity index (χ2v) is 7.61. The molecule has 1 aliphatic heterocycles. The van der Waals surface area contributed by atoms with Gasteiger partial charge in [-0.25, -0.2) is 5.84 Å². The van der Waals surface area contributed by atoms with Gasteiger partial charge in [-0.1, -0.05) is 91.0 Å². The number of nitrogens with zero attached hydrogens (tertiary/aromatic N) is 1. The van der Waals surface area contributed by atoms with Crippen LogP contribution in [-0.4, -0.2) is 6.04 Å². The van der Waals surface area contributed by atoms with Crippen molar-refractivity contribution in [2.45, 2.75) is 11.5 Å². The maximum atomic E-state index is 6.64. The monoisotopic (exact) mass is 348 g/mol. The van der Waals surface area contributed by atoms with E-state index in [1.165, 1.54) is 27.8 Å². The summed E-state index contributed by atoms with van der Waals surface area (Å²) in [4.78, 5) is 0. The average Bonchev–Trinajstić information content (AvgIpc) is 3.04. The van der Waals surface area contributed by atoms with Crippen LogP contribution in [0.4, 0.5) is 5.69 Å². The molecule has 2 unspecified atom stereocenters. The highest BCUT2D eigenvalue weighted by Crippen LogP contribution is 2.61. The van der Waals surface area contributed by atoms with Crippen LogP contribution in [0, 0.1) is 5.92 Å². The van der Waals surface area contributed by atoms with E-state index in [9.17, 15) is 0 Å². The molecule has 3 aliphatic rings. The summed E-state index contributed by atoms with van der Waals surface area (Å²) in [5.41, 5.74) is 7.66.